The third-order valence-corrected chi connectivity index (χ3v) is 6.18. The Hall–Kier alpha value is -3.13. The highest BCUT2D eigenvalue weighted by Gasteiger charge is 2.15. The van der Waals surface area contributed by atoms with E-state index in [0.29, 0.717) is 21.8 Å². The molecule has 33 heavy (non-hydrogen) atoms. The molecule has 1 aliphatic heterocycles. The van der Waals surface area contributed by atoms with Crippen molar-refractivity contribution in [2.24, 2.45) is 5.92 Å². The molecule has 1 heterocycles. The summed E-state index contributed by atoms with van der Waals surface area (Å²) in [4.78, 5) is 14.7. The van der Waals surface area contributed by atoms with Gasteiger partial charge < -0.3 is 5.32 Å². The molecule has 0 unspecified atom stereocenters. The summed E-state index contributed by atoms with van der Waals surface area (Å²) in [6.07, 6.45) is 2.53. The molecule has 0 radical (unpaired) electrons. The third-order valence-electron chi connectivity index (χ3n) is 5.94. The van der Waals surface area contributed by atoms with Crippen LogP contribution in [0.5, 0.6) is 0 Å². The summed E-state index contributed by atoms with van der Waals surface area (Å²) >= 11 is 5.81. The summed E-state index contributed by atoms with van der Waals surface area (Å²) in [6, 6.07) is 19.6. The van der Waals surface area contributed by atoms with E-state index in [4.69, 9.17) is 11.6 Å². The Kier molecular flexibility index (Phi) is 7.44. The summed E-state index contributed by atoms with van der Waals surface area (Å²) in [5.41, 5.74) is 3.81. The molecule has 1 saturated heterocycles. The average Bonchev–Trinajstić information content (AvgIpc) is 2.81. The van der Waals surface area contributed by atoms with Crippen LogP contribution in [0.25, 0.3) is 11.1 Å². The predicted octanol–water partition coefficient (Wildman–Crippen LogP) is 6.37. The normalized spacial score (nSPS) is 14.4. The highest BCUT2D eigenvalue weighted by Crippen LogP contribution is 2.26. The summed E-state index contributed by atoms with van der Waals surface area (Å²) < 4.78 is 14.1. The topological polar surface area (TPSA) is 32.3 Å². The first kappa shape index (κ1) is 23.0. The fourth-order valence-corrected chi connectivity index (χ4v) is 4.08. The van der Waals surface area contributed by atoms with Crippen molar-refractivity contribution in [2.75, 3.05) is 18.4 Å². The van der Waals surface area contributed by atoms with Gasteiger partial charge in [-0.25, -0.2) is 4.39 Å². The average molecular weight is 461 g/mol. The maximum atomic E-state index is 14.1. The number of anilines is 1. The quantitative estimate of drug-likeness (QED) is 0.459. The van der Waals surface area contributed by atoms with Crippen LogP contribution in [-0.2, 0) is 11.3 Å². The van der Waals surface area contributed by atoms with Crippen molar-refractivity contribution in [1.82, 2.24) is 4.90 Å². The van der Waals surface area contributed by atoms with Gasteiger partial charge in [0.1, 0.15) is 5.82 Å². The maximum Gasteiger partial charge on any atom is 0.300 e. The minimum Gasteiger partial charge on any atom is -0.315 e. The number of nitrogens with one attached hydrogen (secondary N) is 1. The van der Waals surface area contributed by atoms with E-state index >= 15 is 0 Å². The molecule has 1 N–H and O–H groups in total. The molecule has 0 atom stereocenters. The molecule has 1 aliphatic rings. The Labute approximate surface area is 199 Å². The van der Waals surface area contributed by atoms with Gasteiger partial charge in [0.05, 0.1) is 0 Å². The summed E-state index contributed by atoms with van der Waals surface area (Å²) in [6.45, 7) is 5.58. The van der Waals surface area contributed by atoms with Crippen molar-refractivity contribution in [3.05, 3.63) is 88.7 Å². The van der Waals surface area contributed by atoms with Gasteiger partial charge >= 0.3 is 5.91 Å². The number of hydrogen-bond acceptors (Lipinski definition) is 2. The second kappa shape index (κ2) is 10.7. The smallest absolute Gasteiger partial charge is 0.300 e. The van der Waals surface area contributed by atoms with Crippen molar-refractivity contribution in [3.63, 3.8) is 0 Å². The summed E-state index contributed by atoms with van der Waals surface area (Å²) in [5.74, 6) is 5.59. The Balaban J connectivity index is 1.32. The predicted molar refractivity (Wildman–Crippen MR) is 132 cm³/mol. The first-order chi connectivity index (χ1) is 16.0. The molecule has 0 aromatic heterocycles. The number of hydrogen-bond donors (Lipinski definition) is 1. The lowest BCUT2D eigenvalue weighted by atomic mass is 9.99. The molecule has 1 fully saturated rings. The zero-order valence-electron chi connectivity index (χ0n) is 18.6. The van der Waals surface area contributed by atoms with Crippen LogP contribution in [0, 0.1) is 23.6 Å². The van der Waals surface area contributed by atoms with Gasteiger partial charge in [-0.1, -0.05) is 48.7 Å². The van der Waals surface area contributed by atoms with Crippen LogP contribution >= 0.6 is 11.6 Å². The van der Waals surface area contributed by atoms with E-state index in [1.807, 2.05) is 12.1 Å². The highest BCUT2D eigenvalue weighted by molar-refractivity contribution is 6.30. The number of carbonyl (C=O) groups is 1. The van der Waals surface area contributed by atoms with Crippen LogP contribution in [0.1, 0.15) is 30.9 Å². The molecule has 3 aromatic carbocycles. The van der Waals surface area contributed by atoms with Gasteiger partial charge in [-0.3, -0.25) is 9.69 Å². The largest absolute Gasteiger partial charge is 0.315 e. The fourth-order valence-electron chi connectivity index (χ4n) is 3.92. The van der Waals surface area contributed by atoms with Crippen LogP contribution < -0.4 is 5.32 Å². The van der Waals surface area contributed by atoms with Gasteiger partial charge in [0.25, 0.3) is 0 Å². The summed E-state index contributed by atoms with van der Waals surface area (Å²) in [7, 11) is 0. The van der Waals surface area contributed by atoms with Crippen molar-refractivity contribution >= 4 is 23.2 Å². The van der Waals surface area contributed by atoms with Crippen molar-refractivity contribution in [2.45, 2.75) is 26.3 Å². The SMILES string of the molecule is CC1CCN(Cc2ccc(C#CC(=O)Nc3ccc(-c4ccc(Cl)cc4F)cc3)cc2)CC1. The van der Waals surface area contributed by atoms with E-state index in [0.717, 1.165) is 31.1 Å². The number of likely N-dealkylation sites (tertiary alicyclic amines) is 1. The van der Waals surface area contributed by atoms with Crippen LogP contribution in [0.15, 0.2) is 66.7 Å². The molecular formula is C28H26ClFN2O. The van der Waals surface area contributed by atoms with Crippen LogP contribution in [-0.4, -0.2) is 23.9 Å². The number of benzene rings is 3. The lowest BCUT2D eigenvalue weighted by Crippen LogP contribution is -2.32. The van der Waals surface area contributed by atoms with Crippen molar-refractivity contribution in [3.8, 4) is 23.0 Å². The number of nitrogens with zero attached hydrogens (tertiary/aromatic N) is 1. The van der Waals surface area contributed by atoms with E-state index in [9.17, 15) is 9.18 Å². The van der Waals surface area contributed by atoms with Crippen LogP contribution in [0.3, 0.4) is 0 Å². The number of piperidine rings is 1. The van der Waals surface area contributed by atoms with Gasteiger partial charge in [0.2, 0.25) is 0 Å². The van der Waals surface area contributed by atoms with E-state index < -0.39 is 5.91 Å². The number of rotatable bonds is 4. The number of carbonyl (C=O) groups excluding carboxylic acids is 1. The Bertz CT molecular complexity index is 1170. The van der Waals surface area contributed by atoms with Crippen molar-refractivity contribution < 1.29 is 9.18 Å². The minimum absolute atomic E-state index is 0.352. The molecule has 3 aromatic rings. The summed E-state index contributed by atoms with van der Waals surface area (Å²) in [5, 5.41) is 3.10. The lowest BCUT2D eigenvalue weighted by Gasteiger charge is -2.30. The van der Waals surface area contributed by atoms with Gasteiger partial charge in [0, 0.05) is 34.3 Å². The second-order valence-electron chi connectivity index (χ2n) is 8.56. The Morgan fingerprint density at radius 3 is 2.42 bits per heavy atom. The van der Waals surface area contributed by atoms with E-state index in [-0.39, 0.29) is 5.82 Å². The molecule has 0 spiro atoms. The molecular weight excluding hydrogens is 435 g/mol. The highest BCUT2D eigenvalue weighted by atomic mass is 35.5. The molecule has 5 heteroatoms. The third kappa shape index (κ3) is 6.44. The van der Waals surface area contributed by atoms with Gasteiger partial charge in [0.15, 0.2) is 0 Å². The van der Waals surface area contributed by atoms with Crippen molar-refractivity contribution in [1.29, 1.82) is 0 Å². The van der Waals surface area contributed by atoms with E-state index in [1.165, 1.54) is 24.5 Å². The zero-order chi connectivity index (χ0) is 23.2. The van der Waals surface area contributed by atoms with Crippen LogP contribution in [0.2, 0.25) is 5.02 Å². The van der Waals surface area contributed by atoms with E-state index in [1.54, 1.807) is 36.4 Å². The van der Waals surface area contributed by atoms with Gasteiger partial charge in [-0.2, -0.15) is 0 Å². The monoisotopic (exact) mass is 460 g/mol. The Morgan fingerprint density at radius 2 is 1.76 bits per heavy atom. The minimum atomic E-state index is -0.396. The second-order valence-corrected chi connectivity index (χ2v) is 9.00. The molecule has 0 bridgehead atoms. The van der Waals surface area contributed by atoms with Gasteiger partial charge in [-0.15, -0.1) is 0 Å². The standard InChI is InChI=1S/C28H26ClFN2O/c1-20-14-16-32(17-15-20)19-22-4-2-21(3-5-22)6-13-28(33)31-25-10-7-23(8-11-25)26-12-9-24(29)18-27(26)30/h2-5,7-12,18,20H,14-17,19H2,1H3,(H,31,33). The van der Waals surface area contributed by atoms with Gasteiger partial charge in [-0.05, 0) is 85.4 Å². The number of amides is 1. The molecule has 168 valence electrons. The first-order valence-corrected chi connectivity index (χ1v) is 11.5. The fraction of sp³-hybridized carbons (Fsp3) is 0.250. The molecule has 1 amide bonds. The van der Waals surface area contributed by atoms with Crippen LogP contribution in [0.4, 0.5) is 10.1 Å². The molecule has 0 aliphatic carbocycles. The van der Waals surface area contributed by atoms with E-state index in [2.05, 4.69) is 41.1 Å². The molecule has 3 nitrogen and oxygen atoms in total. The molecule has 4 rings (SSSR count). The number of halogens is 2. The zero-order valence-corrected chi connectivity index (χ0v) is 19.3. The maximum absolute atomic E-state index is 14.1. The first-order valence-electron chi connectivity index (χ1n) is 11.2. The molecule has 0 saturated carbocycles. The lowest BCUT2D eigenvalue weighted by molar-refractivity contribution is -0.111. The Morgan fingerprint density at radius 1 is 1.06 bits per heavy atom.